The van der Waals surface area contributed by atoms with Crippen molar-refractivity contribution in [1.29, 1.82) is 0 Å². The van der Waals surface area contributed by atoms with Crippen LogP contribution in [0.3, 0.4) is 0 Å². The zero-order valence-corrected chi connectivity index (χ0v) is 25.0. The Hall–Kier alpha value is -2.31. The average Bonchev–Trinajstić information content (AvgIpc) is 3.69. The molecule has 2 unspecified atom stereocenters. The van der Waals surface area contributed by atoms with Gasteiger partial charge in [-0.3, -0.25) is 10.1 Å². The Morgan fingerprint density at radius 3 is 2.38 bits per heavy atom. The molecule has 214 valence electrons. The van der Waals surface area contributed by atoms with Crippen molar-refractivity contribution < 1.29 is 4.39 Å². The van der Waals surface area contributed by atoms with Gasteiger partial charge in [-0.15, -0.1) is 0 Å². The van der Waals surface area contributed by atoms with Crippen LogP contribution in [-0.2, 0) is 6.42 Å². The lowest BCUT2D eigenvalue weighted by molar-refractivity contribution is 0.259. The van der Waals surface area contributed by atoms with Crippen LogP contribution in [0.25, 0.3) is 11.4 Å². The molecule has 2 aliphatic heterocycles. The van der Waals surface area contributed by atoms with Gasteiger partial charge < -0.3 is 9.80 Å². The molecule has 1 aromatic heterocycles. The summed E-state index contributed by atoms with van der Waals surface area (Å²) < 4.78 is 14.9. The summed E-state index contributed by atoms with van der Waals surface area (Å²) in [7, 11) is 0. The Labute approximate surface area is 244 Å². The van der Waals surface area contributed by atoms with E-state index in [1.54, 1.807) is 0 Å². The third-order valence-corrected chi connectivity index (χ3v) is 10.9. The van der Waals surface area contributed by atoms with E-state index < -0.39 is 0 Å². The SMILES string of the molecule is C=C(c1cc(CCC2CCCCC2)nc(C2CC2)c1)N1CC2CN(C(=C)c3ccc(SN)cc3F)CC2(CC)C1. The number of pyridine rings is 1. The van der Waals surface area contributed by atoms with Gasteiger partial charge in [-0.1, -0.05) is 52.2 Å². The average molecular weight is 561 g/mol. The van der Waals surface area contributed by atoms with Crippen LogP contribution in [0.15, 0.2) is 48.4 Å². The van der Waals surface area contributed by atoms with E-state index in [4.69, 9.17) is 10.1 Å². The second kappa shape index (κ2) is 11.5. The number of likely N-dealkylation sites (tertiary alicyclic amines) is 2. The van der Waals surface area contributed by atoms with Crippen molar-refractivity contribution in [2.45, 2.75) is 81.9 Å². The molecule has 1 aromatic carbocycles. The van der Waals surface area contributed by atoms with E-state index in [1.807, 2.05) is 12.1 Å². The fourth-order valence-corrected chi connectivity index (χ4v) is 7.89. The second-order valence-corrected chi connectivity index (χ2v) is 13.6. The molecule has 0 radical (unpaired) electrons. The topological polar surface area (TPSA) is 45.4 Å². The van der Waals surface area contributed by atoms with Crippen LogP contribution in [0.4, 0.5) is 4.39 Å². The van der Waals surface area contributed by atoms with Crippen LogP contribution >= 0.6 is 11.9 Å². The number of fused-ring (bicyclic) bond motifs is 1. The number of hydrogen-bond donors (Lipinski definition) is 1. The first-order valence-corrected chi connectivity index (χ1v) is 16.3. The fourth-order valence-electron chi connectivity index (χ4n) is 7.58. The van der Waals surface area contributed by atoms with E-state index >= 15 is 0 Å². The number of halogens is 1. The summed E-state index contributed by atoms with van der Waals surface area (Å²) in [5.74, 6) is 1.77. The largest absolute Gasteiger partial charge is 0.371 e. The number of hydrogen-bond acceptors (Lipinski definition) is 5. The van der Waals surface area contributed by atoms with Gasteiger partial charge in [0.15, 0.2) is 0 Å². The standard InChI is InChI=1S/C34H45FN4S/c1-4-34-21-38(19-28(34)20-39(22-34)24(3)31-15-14-30(40-36)18-32(31)35)23(2)27-16-29(37-33(17-27)26-11-12-26)13-10-25-8-6-5-7-9-25/h14-18,25-26,28H,2-13,19-22,36H2,1H3. The van der Waals surface area contributed by atoms with Crippen LogP contribution in [0.1, 0.15) is 93.1 Å². The maximum absolute atomic E-state index is 14.9. The third-order valence-electron chi connectivity index (χ3n) is 10.4. The highest BCUT2D eigenvalue weighted by Crippen LogP contribution is 2.49. The highest BCUT2D eigenvalue weighted by Gasteiger charge is 2.52. The lowest BCUT2D eigenvalue weighted by Crippen LogP contribution is -2.32. The maximum atomic E-state index is 14.9. The molecule has 0 spiro atoms. The molecule has 2 N–H and O–H groups in total. The minimum absolute atomic E-state index is 0.158. The molecule has 4 aliphatic rings. The molecule has 2 saturated carbocycles. The van der Waals surface area contributed by atoms with Gasteiger partial charge in [0, 0.05) is 82.2 Å². The van der Waals surface area contributed by atoms with Crippen molar-refractivity contribution in [3.63, 3.8) is 0 Å². The van der Waals surface area contributed by atoms with Gasteiger partial charge in [-0.25, -0.2) is 4.39 Å². The molecule has 2 atom stereocenters. The Bertz CT molecular complexity index is 1270. The van der Waals surface area contributed by atoms with Gasteiger partial charge in [0.1, 0.15) is 5.82 Å². The third kappa shape index (κ3) is 5.59. The van der Waals surface area contributed by atoms with Gasteiger partial charge >= 0.3 is 0 Å². The second-order valence-electron chi connectivity index (χ2n) is 12.9. The Kier molecular flexibility index (Phi) is 8.02. The van der Waals surface area contributed by atoms with Crippen molar-refractivity contribution in [3.8, 4) is 0 Å². The number of benzene rings is 1. The predicted octanol–water partition coefficient (Wildman–Crippen LogP) is 7.86. The van der Waals surface area contributed by atoms with Crippen molar-refractivity contribution in [2.75, 3.05) is 26.2 Å². The van der Waals surface area contributed by atoms with Crippen LogP contribution in [-0.4, -0.2) is 41.0 Å². The van der Waals surface area contributed by atoms with E-state index in [-0.39, 0.29) is 11.2 Å². The summed E-state index contributed by atoms with van der Waals surface area (Å²) in [6.07, 6.45) is 13.0. The predicted molar refractivity (Wildman–Crippen MR) is 165 cm³/mol. The minimum atomic E-state index is -0.249. The summed E-state index contributed by atoms with van der Waals surface area (Å²) in [5.41, 5.74) is 6.48. The van der Waals surface area contributed by atoms with Crippen LogP contribution in [0.5, 0.6) is 0 Å². The molecular weight excluding hydrogens is 515 g/mol. The maximum Gasteiger partial charge on any atom is 0.133 e. The van der Waals surface area contributed by atoms with Crippen molar-refractivity contribution in [3.05, 3.63) is 71.8 Å². The van der Waals surface area contributed by atoms with Gasteiger partial charge in [0.2, 0.25) is 0 Å². The number of nitrogens with zero attached hydrogens (tertiary/aromatic N) is 3. The zero-order valence-electron chi connectivity index (χ0n) is 24.1. The molecule has 2 saturated heterocycles. The van der Waals surface area contributed by atoms with E-state index in [9.17, 15) is 4.39 Å². The molecule has 2 aromatic rings. The molecule has 2 aliphatic carbocycles. The highest BCUT2D eigenvalue weighted by molar-refractivity contribution is 7.97. The summed E-state index contributed by atoms with van der Waals surface area (Å²) in [4.78, 5) is 10.7. The van der Waals surface area contributed by atoms with Crippen molar-refractivity contribution >= 4 is 23.3 Å². The summed E-state index contributed by atoms with van der Waals surface area (Å²) in [6, 6.07) is 9.87. The zero-order chi connectivity index (χ0) is 27.9. The smallest absolute Gasteiger partial charge is 0.133 e. The fraction of sp³-hybridized carbons (Fsp3) is 0.559. The molecule has 3 heterocycles. The van der Waals surface area contributed by atoms with Crippen molar-refractivity contribution in [1.82, 2.24) is 14.8 Å². The monoisotopic (exact) mass is 560 g/mol. The lowest BCUT2D eigenvalue weighted by Gasteiger charge is -2.31. The highest BCUT2D eigenvalue weighted by atomic mass is 32.2. The Balaban J connectivity index is 1.15. The van der Waals surface area contributed by atoms with E-state index in [0.717, 1.165) is 73.2 Å². The van der Waals surface area contributed by atoms with E-state index in [1.165, 1.54) is 74.4 Å². The molecule has 4 nitrogen and oxygen atoms in total. The summed E-state index contributed by atoms with van der Waals surface area (Å²) in [5, 5.41) is 5.63. The van der Waals surface area contributed by atoms with Gasteiger partial charge in [-0.05, 0) is 80.3 Å². The molecule has 0 amide bonds. The van der Waals surface area contributed by atoms with Crippen molar-refractivity contribution in [2.24, 2.45) is 22.4 Å². The summed E-state index contributed by atoms with van der Waals surface area (Å²) in [6.45, 7) is 15.1. The molecule has 6 heteroatoms. The molecular formula is C34H45FN4S. The van der Waals surface area contributed by atoms with Gasteiger partial charge in [0.05, 0.1) is 0 Å². The first-order chi connectivity index (χ1) is 19.4. The van der Waals surface area contributed by atoms with Gasteiger partial charge in [0.25, 0.3) is 0 Å². The quantitative estimate of drug-likeness (QED) is 0.300. The number of nitrogens with two attached hydrogens (primary N) is 1. The normalized spacial score (nSPS) is 24.9. The summed E-state index contributed by atoms with van der Waals surface area (Å²) >= 11 is 1.07. The number of aryl methyl sites for hydroxylation is 1. The first kappa shape index (κ1) is 27.8. The Morgan fingerprint density at radius 2 is 1.75 bits per heavy atom. The van der Waals surface area contributed by atoms with Gasteiger partial charge in [-0.2, -0.15) is 0 Å². The molecule has 6 rings (SSSR count). The Morgan fingerprint density at radius 1 is 1.02 bits per heavy atom. The minimum Gasteiger partial charge on any atom is -0.371 e. The van der Waals surface area contributed by atoms with Crippen LogP contribution in [0, 0.1) is 23.1 Å². The lowest BCUT2D eigenvalue weighted by atomic mass is 9.79. The van der Waals surface area contributed by atoms with Crippen LogP contribution < -0.4 is 5.14 Å². The first-order valence-electron chi connectivity index (χ1n) is 15.4. The van der Waals surface area contributed by atoms with Crippen LogP contribution in [0.2, 0.25) is 0 Å². The van der Waals surface area contributed by atoms with E-state index in [0.29, 0.717) is 17.4 Å². The molecule has 0 bridgehead atoms. The number of rotatable bonds is 10. The van der Waals surface area contributed by atoms with E-state index in [2.05, 4.69) is 42.0 Å². The molecule has 40 heavy (non-hydrogen) atoms. The molecule has 4 fully saturated rings. The number of aromatic nitrogens is 1.